The molecule has 1 aromatic carbocycles. The number of Topliss-reactive ketones (excluding diaryl/α,β-unsaturated/α-hetero) is 1. The van der Waals surface area contributed by atoms with Gasteiger partial charge in [0, 0.05) is 17.7 Å². The molecule has 0 aliphatic heterocycles. The molecule has 114 valence electrons. The van der Waals surface area contributed by atoms with Crippen molar-refractivity contribution < 1.29 is 18.9 Å². The fourth-order valence-corrected chi connectivity index (χ4v) is 2.05. The van der Waals surface area contributed by atoms with Gasteiger partial charge < -0.3 is 4.74 Å². The standard InChI is InChI=1S/C18H20NO3/c1-2-3-13-22-18(21)16-11-7-8-12-19(16)14-17(20)15-9-5-4-6-10-15/h4-12H,2-3,13-14H2,1H3/q+1. The van der Waals surface area contributed by atoms with E-state index in [9.17, 15) is 9.59 Å². The number of pyridine rings is 1. The predicted octanol–water partition coefficient (Wildman–Crippen LogP) is 2.81. The molecule has 0 spiro atoms. The van der Waals surface area contributed by atoms with Gasteiger partial charge in [0.05, 0.1) is 6.61 Å². The molecule has 0 atom stereocenters. The SMILES string of the molecule is CCCCOC(=O)c1cccc[n+]1CC(=O)c1ccccc1. The quantitative estimate of drug-likeness (QED) is 0.342. The molecule has 0 aliphatic rings. The number of esters is 1. The lowest BCUT2D eigenvalue weighted by Crippen LogP contribution is -2.43. The van der Waals surface area contributed by atoms with Gasteiger partial charge in [-0.3, -0.25) is 4.79 Å². The minimum Gasteiger partial charge on any atom is -0.458 e. The summed E-state index contributed by atoms with van der Waals surface area (Å²) in [5.41, 5.74) is 1.02. The van der Waals surface area contributed by atoms with Crippen LogP contribution >= 0.6 is 0 Å². The van der Waals surface area contributed by atoms with Crippen LogP contribution < -0.4 is 4.57 Å². The van der Waals surface area contributed by atoms with E-state index in [1.54, 1.807) is 41.1 Å². The van der Waals surface area contributed by atoms with Crippen molar-refractivity contribution >= 4 is 11.8 Å². The van der Waals surface area contributed by atoms with Crippen LogP contribution in [0.1, 0.15) is 40.6 Å². The molecule has 22 heavy (non-hydrogen) atoms. The summed E-state index contributed by atoms with van der Waals surface area (Å²) in [6.07, 6.45) is 3.52. The Kier molecular flexibility index (Phi) is 5.83. The Balaban J connectivity index is 2.11. The van der Waals surface area contributed by atoms with E-state index >= 15 is 0 Å². The van der Waals surface area contributed by atoms with Crippen LogP contribution in [0.4, 0.5) is 0 Å². The first-order valence-electron chi connectivity index (χ1n) is 7.46. The van der Waals surface area contributed by atoms with Crippen molar-refractivity contribution in [3.05, 3.63) is 66.0 Å². The van der Waals surface area contributed by atoms with E-state index in [1.807, 2.05) is 25.1 Å². The zero-order valence-electron chi connectivity index (χ0n) is 12.7. The molecular formula is C18H20NO3+. The van der Waals surface area contributed by atoms with Gasteiger partial charge in [-0.15, -0.1) is 0 Å². The Bertz CT molecular complexity index is 638. The number of hydrogen-bond donors (Lipinski definition) is 0. The summed E-state index contributed by atoms with van der Waals surface area (Å²) < 4.78 is 6.85. The molecule has 0 amide bonds. The Morgan fingerprint density at radius 1 is 1.05 bits per heavy atom. The maximum atomic E-state index is 12.3. The number of rotatable bonds is 7. The van der Waals surface area contributed by atoms with E-state index in [0.29, 0.717) is 17.9 Å². The van der Waals surface area contributed by atoms with Crippen molar-refractivity contribution in [3.8, 4) is 0 Å². The highest BCUT2D eigenvalue weighted by atomic mass is 16.5. The van der Waals surface area contributed by atoms with Crippen LogP contribution in [-0.4, -0.2) is 18.4 Å². The molecule has 2 rings (SSSR count). The summed E-state index contributed by atoms with van der Waals surface area (Å²) in [6.45, 7) is 2.55. The van der Waals surface area contributed by atoms with Crippen LogP contribution in [0, 0.1) is 0 Å². The summed E-state index contributed by atoms with van der Waals surface area (Å²) in [6, 6.07) is 14.3. The molecule has 0 saturated heterocycles. The van der Waals surface area contributed by atoms with Crippen molar-refractivity contribution in [2.75, 3.05) is 6.61 Å². The fraction of sp³-hybridized carbons (Fsp3) is 0.278. The van der Waals surface area contributed by atoms with Crippen LogP contribution in [-0.2, 0) is 11.3 Å². The molecule has 4 heteroatoms. The van der Waals surface area contributed by atoms with Crippen LogP contribution in [0.5, 0.6) is 0 Å². The maximum Gasteiger partial charge on any atom is 0.403 e. The Labute approximate surface area is 130 Å². The minimum absolute atomic E-state index is 0.0422. The Morgan fingerprint density at radius 3 is 2.50 bits per heavy atom. The molecule has 4 nitrogen and oxygen atoms in total. The second kappa shape index (κ2) is 8.08. The zero-order chi connectivity index (χ0) is 15.8. The average Bonchev–Trinajstić information content (AvgIpc) is 2.56. The third-order valence-corrected chi connectivity index (χ3v) is 3.29. The molecule has 1 aromatic heterocycles. The first-order valence-corrected chi connectivity index (χ1v) is 7.46. The fourth-order valence-electron chi connectivity index (χ4n) is 2.05. The topological polar surface area (TPSA) is 47.2 Å². The highest BCUT2D eigenvalue weighted by Crippen LogP contribution is 2.02. The van der Waals surface area contributed by atoms with Gasteiger partial charge in [0.2, 0.25) is 12.3 Å². The molecule has 0 saturated carbocycles. The van der Waals surface area contributed by atoms with Crippen LogP contribution in [0.3, 0.4) is 0 Å². The van der Waals surface area contributed by atoms with Gasteiger partial charge in [-0.1, -0.05) is 43.7 Å². The highest BCUT2D eigenvalue weighted by molar-refractivity contribution is 5.95. The molecule has 0 fully saturated rings. The lowest BCUT2D eigenvalue weighted by molar-refractivity contribution is -0.685. The Morgan fingerprint density at radius 2 is 1.77 bits per heavy atom. The predicted molar refractivity (Wildman–Crippen MR) is 82.6 cm³/mol. The first kappa shape index (κ1) is 15.9. The lowest BCUT2D eigenvalue weighted by Gasteiger charge is -2.04. The summed E-state index contributed by atoms with van der Waals surface area (Å²) in [5.74, 6) is -0.436. The van der Waals surface area contributed by atoms with Crippen molar-refractivity contribution in [2.24, 2.45) is 0 Å². The number of carbonyl (C=O) groups excluding carboxylic acids is 2. The van der Waals surface area contributed by atoms with Gasteiger partial charge in [0.1, 0.15) is 0 Å². The van der Waals surface area contributed by atoms with Gasteiger partial charge in [-0.25, -0.2) is 4.79 Å². The molecule has 0 aliphatic carbocycles. The number of aromatic nitrogens is 1. The van der Waals surface area contributed by atoms with E-state index in [-0.39, 0.29) is 12.3 Å². The zero-order valence-corrected chi connectivity index (χ0v) is 12.7. The molecule has 1 heterocycles. The largest absolute Gasteiger partial charge is 0.458 e. The average molecular weight is 298 g/mol. The second-order valence-electron chi connectivity index (χ2n) is 4.99. The third-order valence-electron chi connectivity index (χ3n) is 3.29. The van der Waals surface area contributed by atoms with E-state index in [2.05, 4.69) is 0 Å². The normalized spacial score (nSPS) is 10.2. The van der Waals surface area contributed by atoms with Crippen LogP contribution in [0.25, 0.3) is 0 Å². The van der Waals surface area contributed by atoms with E-state index < -0.39 is 5.97 Å². The number of ketones is 1. The molecular weight excluding hydrogens is 278 g/mol. The van der Waals surface area contributed by atoms with Crippen LogP contribution in [0.2, 0.25) is 0 Å². The number of unbranched alkanes of at least 4 members (excludes halogenated alkanes) is 1. The number of hydrogen-bond acceptors (Lipinski definition) is 3. The molecule has 2 aromatic rings. The Hall–Kier alpha value is -2.49. The van der Waals surface area contributed by atoms with Gasteiger partial charge in [0.15, 0.2) is 6.20 Å². The molecule has 0 unspecified atom stereocenters. The van der Waals surface area contributed by atoms with Gasteiger partial charge in [-0.2, -0.15) is 4.57 Å². The van der Waals surface area contributed by atoms with Crippen molar-refractivity contribution in [3.63, 3.8) is 0 Å². The van der Waals surface area contributed by atoms with Gasteiger partial charge >= 0.3 is 5.97 Å². The summed E-state index contributed by atoms with van der Waals surface area (Å²) >= 11 is 0. The van der Waals surface area contributed by atoms with Crippen molar-refractivity contribution in [1.82, 2.24) is 0 Å². The minimum atomic E-state index is -0.394. The van der Waals surface area contributed by atoms with E-state index in [4.69, 9.17) is 4.74 Å². The summed E-state index contributed by atoms with van der Waals surface area (Å²) in [5, 5.41) is 0. The summed E-state index contributed by atoms with van der Waals surface area (Å²) in [4.78, 5) is 24.4. The van der Waals surface area contributed by atoms with E-state index in [0.717, 1.165) is 12.8 Å². The first-order chi connectivity index (χ1) is 10.7. The smallest absolute Gasteiger partial charge is 0.403 e. The number of nitrogens with zero attached hydrogens (tertiary/aromatic N) is 1. The van der Waals surface area contributed by atoms with Crippen molar-refractivity contribution in [2.45, 2.75) is 26.3 Å². The van der Waals surface area contributed by atoms with Gasteiger partial charge in [0.25, 0.3) is 5.69 Å². The molecule has 0 N–H and O–H groups in total. The van der Waals surface area contributed by atoms with Crippen molar-refractivity contribution in [1.29, 1.82) is 0 Å². The van der Waals surface area contributed by atoms with Gasteiger partial charge in [-0.05, 0) is 12.5 Å². The molecule has 0 bridgehead atoms. The number of ether oxygens (including phenoxy) is 1. The number of carbonyl (C=O) groups is 2. The van der Waals surface area contributed by atoms with E-state index in [1.165, 1.54) is 0 Å². The monoisotopic (exact) mass is 298 g/mol. The van der Waals surface area contributed by atoms with Crippen LogP contribution in [0.15, 0.2) is 54.7 Å². The maximum absolute atomic E-state index is 12.3. The third kappa shape index (κ3) is 4.25. The lowest BCUT2D eigenvalue weighted by atomic mass is 10.1. The molecule has 0 radical (unpaired) electrons. The number of benzene rings is 1. The summed E-state index contributed by atoms with van der Waals surface area (Å²) in [7, 11) is 0. The highest BCUT2D eigenvalue weighted by Gasteiger charge is 2.22. The second-order valence-corrected chi connectivity index (χ2v) is 4.99.